The van der Waals surface area contributed by atoms with Crippen LogP contribution in [0.25, 0.3) is 0 Å². The quantitative estimate of drug-likeness (QED) is 0.618. The van der Waals surface area contributed by atoms with Crippen LogP contribution < -0.4 is 5.32 Å². The Morgan fingerprint density at radius 3 is 2.88 bits per heavy atom. The average Bonchev–Trinajstić information content (AvgIpc) is 2.25. The Labute approximate surface area is 93.1 Å². The Morgan fingerprint density at radius 2 is 2.38 bits per heavy atom. The summed E-state index contributed by atoms with van der Waals surface area (Å²) in [6.07, 6.45) is 1.38. The van der Waals surface area contributed by atoms with E-state index < -0.39 is 4.92 Å². The molecule has 0 aromatic carbocycles. The predicted molar refractivity (Wildman–Crippen MR) is 58.9 cm³/mol. The summed E-state index contributed by atoms with van der Waals surface area (Å²) in [6, 6.07) is 3.12. The van der Waals surface area contributed by atoms with Gasteiger partial charge in [0.15, 0.2) is 0 Å². The van der Waals surface area contributed by atoms with E-state index in [2.05, 4.69) is 10.3 Å². The molecule has 0 bridgehead atoms. The number of pyridine rings is 1. The first-order valence-corrected chi connectivity index (χ1v) is 4.83. The summed E-state index contributed by atoms with van der Waals surface area (Å²) in [5.41, 5.74) is -0.239. The van der Waals surface area contributed by atoms with Crippen molar-refractivity contribution in [3.05, 3.63) is 27.9 Å². The third-order valence-corrected chi connectivity index (χ3v) is 1.91. The van der Waals surface area contributed by atoms with Crippen LogP contribution in [-0.2, 0) is 0 Å². The lowest BCUT2D eigenvalue weighted by Crippen LogP contribution is -2.11. The maximum Gasteiger partial charge on any atom is 0.328 e. The summed E-state index contributed by atoms with van der Waals surface area (Å²) >= 11 is 0. The van der Waals surface area contributed by atoms with Crippen LogP contribution in [0.5, 0.6) is 0 Å². The third-order valence-electron chi connectivity index (χ3n) is 1.91. The SMILES string of the molecule is CC(C)CNc1nccc(C#N)c1[N+](=O)[O-]. The molecule has 1 heterocycles. The molecule has 6 nitrogen and oxygen atoms in total. The highest BCUT2D eigenvalue weighted by Gasteiger charge is 2.20. The molecule has 0 unspecified atom stereocenters. The second-order valence-electron chi connectivity index (χ2n) is 3.70. The van der Waals surface area contributed by atoms with Gasteiger partial charge in [0.1, 0.15) is 11.6 Å². The summed E-state index contributed by atoms with van der Waals surface area (Å²) in [4.78, 5) is 14.1. The topological polar surface area (TPSA) is 91.8 Å². The Morgan fingerprint density at radius 1 is 1.69 bits per heavy atom. The Hall–Kier alpha value is -2.16. The highest BCUT2D eigenvalue weighted by Crippen LogP contribution is 2.25. The minimum absolute atomic E-state index is 0.0197. The molecule has 0 aliphatic rings. The van der Waals surface area contributed by atoms with Gasteiger partial charge in [-0.1, -0.05) is 13.8 Å². The van der Waals surface area contributed by atoms with Crippen LogP contribution in [0.1, 0.15) is 19.4 Å². The molecule has 0 saturated carbocycles. The minimum atomic E-state index is -0.589. The first kappa shape index (κ1) is 11.9. The van der Waals surface area contributed by atoms with Crippen LogP contribution in [0, 0.1) is 27.4 Å². The van der Waals surface area contributed by atoms with Gasteiger partial charge in [0.25, 0.3) is 0 Å². The van der Waals surface area contributed by atoms with Crippen molar-refractivity contribution >= 4 is 11.5 Å². The second kappa shape index (κ2) is 5.07. The van der Waals surface area contributed by atoms with Crippen LogP contribution in [0.4, 0.5) is 11.5 Å². The molecule has 0 aliphatic heterocycles. The molecule has 1 aromatic rings. The lowest BCUT2D eigenvalue weighted by atomic mass is 10.2. The van der Waals surface area contributed by atoms with E-state index in [0.29, 0.717) is 12.5 Å². The van der Waals surface area contributed by atoms with Crippen molar-refractivity contribution in [2.45, 2.75) is 13.8 Å². The summed E-state index contributed by atoms with van der Waals surface area (Å²) in [5, 5.41) is 22.4. The first-order valence-electron chi connectivity index (χ1n) is 4.83. The molecule has 1 rings (SSSR count). The van der Waals surface area contributed by atoms with Crippen molar-refractivity contribution in [1.29, 1.82) is 5.26 Å². The van der Waals surface area contributed by atoms with Gasteiger partial charge in [-0.05, 0) is 12.0 Å². The third kappa shape index (κ3) is 2.67. The Bertz CT molecular complexity index is 437. The van der Waals surface area contributed by atoms with Crippen LogP contribution in [0.3, 0.4) is 0 Å². The van der Waals surface area contributed by atoms with Crippen molar-refractivity contribution in [3.8, 4) is 6.07 Å². The Balaban J connectivity index is 3.08. The van der Waals surface area contributed by atoms with Gasteiger partial charge in [0.2, 0.25) is 5.82 Å². The van der Waals surface area contributed by atoms with E-state index in [1.807, 2.05) is 13.8 Å². The summed E-state index contributed by atoms with van der Waals surface area (Å²) in [7, 11) is 0. The number of hydrogen-bond donors (Lipinski definition) is 1. The molecule has 6 heteroatoms. The molecule has 84 valence electrons. The van der Waals surface area contributed by atoms with Crippen LogP contribution in [-0.4, -0.2) is 16.5 Å². The monoisotopic (exact) mass is 220 g/mol. The molecule has 0 spiro atoms. The molecule has 0 radical (unpaired) electrons. The number of hydrogen-bond acceptors (Lipinski definition) is 5. The van der Waals surface area contributed by atoms with E-state index in [4.69, 9.17) is 5.26 Å². The number of aromatic nitrogens is 1. The lowest BCUT2D eigenvalue weighted by molar-refractivity contribution is -0.384. The molecule has 0 fully saturated rings. The van der Waals surface area contributed by atoms with Crippen molar-refractivity contribution in [2.75, 3.05) is 11.9 Å². The molecule has 16 heavy (non-hydrogen) atoms. The van der Waals surface area contributed by atoms with Crippen molar-refractivity contribution in [1.82, 2.24) is 4.98 Å². The first-order chi connectivity index (χ1) is 7.56. The van der Waals surface area contributed by atoms with Gasteiger partial charge >= 0.3 is 5.69 Å². The van der Waals surface area contributed by atoms with Crippen molar-refractivity contribution in [2.24, 2.45) is 5.92 Å². The fourth-order valence-electron chi connectivity index (χ4n) is 1.16. The Kier molecular flexibility index (Phi) is 3.78. The van der Waals surface area contributed by atoms with Gasteiger partial charge in [-0.25, -0.2) is 4.98 Å². The van der Waals surface area contributed by atoms with Crippen LogP contribution in [0.15, 0.2) is 12.3 Å². The molecular formula is C10H12N4O2. The predicted octanol–water partition coefficient (Wildman–Crippen LogP) is 1.93. The van der Waals surface area contributed by atoms with Crippen molar-refractivity contribution in [3.63, 3.8) is 0 Å². The van der Waals surface area contributed by atoms with E-state index in [1.165, 1.54) is 12.3 Å². The number of nitriles is 1. The molecule has 1 N–H and O–H groups in total. The van der Waals surface area contributed by atoms with Gasteiger partial charge < -0.3 is 5.32 Å². The molecule has 0 atom stereocenters. The van der Waals surface area contributed by atoms with Gasteiger partial charge in [-0.3, -0.25) is 10.1 Å². The molecule has 0 aliphatic carbocycles. The zero-order chi connectivity index (χ0) is 12.1. The smallest absolute Gasteiger partial charge is 0.328 e. The number of nitrogens with zero attached hydrogens (tertiary/aromatic N) is 3. The average molecular weight is 220 g/mol. The summed E-state index contributed by atoms with van der Waals surface area (Å²) in [6.45, 7) is 4.53. The van der Waals surface area contributed by atoms with Crippen LogP contribution >= 0.6 is 0 Å². The molecular weight excluding hydrogens is 208 g/mol. The maximum absolute atomic E-state index is 10.8. The molecule has 0 saturated heterocycles. The largest absolute Gasteiger partial charge is 0.364 e. The summed E-state index contributed by atoms with van der Waals surface area (Å²) in [5.74, 6) is 0.491. The van der Waals surface area contributed by atoms with Gasteiger partial charge in [0.05, 0.1) is 4.92 Å². The van der Waals surface area contributed by atoms with E-state index >= 15 is 0 Å². The zero-order valence-corrected chi connectivity index (χ0v) is 9.10. The zero-order valence-electron chi connectivity index (χ0n) is 9.10. The molecule has 0 amide bonds. The van der Waals surface area contributed by atoms with E-state index in [9.17, 15) is 10.1 Å². The van der Waals surface area contributed by atoms with Gasteiger partial charge in [0, 0.05) is 12.7 Å². The number of nitro groups is 1. The van der Waals surface area contributed by atoms with Gasteiger partial charge in [-0.2, -0.15) is 5.26 Å². The number of nitrogens with one attached hydrogen (secondary N) is 1. The van der Waals surface area contributed by atoms with E-state index in [0.717, 1.165) is 0 Å². The maximum atomic E-state index is 10.8. The van der Waals surface area contributed by atoms with Crippen molar-refractivity contribution < 1.29 is 4.92 Å². The number of rotatable bonds is 4. The highest BCUT2D eigenvalue weighted by molar-refractivity contribution is 5.63. The number of anilines is 1. The second-order valence-corrected chi connectivity index (χ2v) is 3.70. The highest BCUT2D eigenvalue weighted by atomic mass is 16.6. The standard InChI is InChI=1S/C10H12N4O2/c1-7(2)6-13-10-9(14(15)16)8(5-11)3-4-12-10/h3-4,7H,6H2,1-2H3,(H,12,13). The fourth-order valence-corrected chi connectivity index (χ4v) is 1.16. The minimum Gasteiger partial charge on any atom is -0.364 e. The lowest BCUT2D eigenvalue weighted by Gasteiger charge is -2.08. The van der Waals surface area contributed by atoms with Crippen LogP contribution in [0.2, 0.25) is 0 Å². The normalized spacial score (nSPS) is 9.88. The van der Waals surface area contributed by atoms with E-state index in [-0.39, 0.29) is 17.1 Å². The van der Waals surface area contributed by atoms with E-state index in [1.54, 1.807) is 6.07 Å². The molecule has 1 aromatic heterocycles. The van der Waals surface area contributed by atoms with Gasteiger partial charge in [-0.15, -0.1) is 0 Å². The summed E-state index contributed by atoms with van der Waals surface area (Å²) < 4.78 is 0. The fraction of sp³-hybridized carbons (Fsp3) is 0.400.